The van der Waals surface area contributed by atoms with Crippen LogP contribution in [0.25, 0.3) is 6.08 Å². The van der Waals surface area contributed by atoms with Crippen molar-refractivity contribution in [2.45, 2.75) is 49.6 Å². The van der Waals surface area contributed by atoms with E-state index in [0.29, 0.717) is 23.0 Å². The number of aryl methyl sites for hydroxylation is 1. The maximum atomic E-state index is 12.6. The molecule has 1 aromatic carbocycles. The van der Waals surface area contributed by atoms with Gasteiger partial charge in [0, 0.05) is 13.0 Å². The summed E-state index contributed by atoms with van der Waals surface area (Å²) in [5, 5.41) is 7.04. The highest BCUT2D eigenvalue weighted by Crippen LogP contribution is 2.37. The molecule has 4 rings (SSSR count). The van der Waals surface area contributed by atoms with Crippen molar-refractivity contribution >= 4 is 22.0 Å². The fourth-order valence-corrected chi connectivity index (χ4v) is 4.74. The molecule has 0 atom stereocenters. The Labute approximate surface area is 186 Å². The Hall–Kier alpha value is -3.24. The molecule has 168 valence electrons. The fourth-order valence-electron chi connectivity index (χ4n) is 3.75. The van der Waals surface area contributed by atoms with Crippen LogP contribution in [-0.2, 0) is 26.9 Å². The molecule has 2 heterocycles. The van der Waals surface area contributed by atoms with Gasteiger partial charge in [0.15, 0.2) is 5.82 Å². The number of hydrogen-bond acceptors (Lipinski definition) is 7. The monoisotopic (exact) mass is 456 g/mol. The third-order valence-corrected chi connectivity index (χ3v) is 6.83. The maximum Gasteiger partial charge on any atom is 0.244 e. The Balaban J connectivity index is 1.39. The summed E-state index contributed by atoms with van der Waals surface area (Å²) in [4.78, 5) is 17.0. The van der Waals surface area contributed by atoms with E-state index >= 15 is 0 Å². The molecule has 0 unspecified atom stereocenters. The second-order valence-corrected chi connectivity index (χ2v) is 9.49. The van der Waals surface area contributed by atoms with Crippen LogP contribution in [0.3, 0.4) is 0 Å². The van der Waals surface area contributed by atoms with Gasteiger partial charge in [0.2, 0.25) is 21.8 Å². The molecule has 10 heteroatoms. The van der Waals surface area contributed by atoms with Crippen molar-refractivity contribution in [3.8, 4) is 0 Å². The number of sulfonamides is 1. The first kappa shape index (κ1) is 22.0. The Morgan fingerprint density at radius 1 is 1.19 bits per heavy atom. The lowest BCUT2D eigenvalue weighted by Gasteiger charge is -2.25. The SMILES string of the molecule is Cc1nc(C2(NC(=O)/C=C/c3ccc(S(=O)(=O)NCc4ccco4)cc3)CCCC2)no1. The first-order valence-corrected chi connectivity index (χ1v) is 11.8. The van der Waals surface area contributed by atoms with Crippen LogP contribution in [-0.4, -0.2) is 24.5 Å². The summed E-state index contributed by atoms with van der Waals surface area (Å²) >= 11 is 0. The molecule has 0 aliphatic heterocycles. The number of aromatic nitrogens is 2. The molecule has 0 spiro atoms. The van der Waals surface area contributed by atoms with Crippen molar-refractivity contribution < 1.29 is 22.2 Å². The summed E-state index contributed by atoms with van der Waals surface area (Å²) in [6.45, 7) is 1.79. The van der Waals surface area contributed by atoms with Crippen molar-refractivity contribution in [1.82, 2.24) is 20.2 Å². The third kappa shape index (κ3) is 4.97. The van der Waals surface area contributed by atoms with Crippen LogP contribution in [0.15, 0.2) is 62.6 Å². The molecule has 0 bridgehead atoms. The smallest absolute Gasteiger partial charge is 0.244 e. The number of nitrogens with zero attached hydrogens (tertiary/aromatic N) is 2. The quantitative estimate of drug-likeness (QED) is 0.499. The van der Waals surface area contributed by atoms with Crippen LogP contribution in [0.5, 0.6) is 0 Å². The molecule has 1 fully saturated rings. The van der Waals surface area contributed by atoms with E-state index in [-0.39, 0.29) is 17.3 Å². The molecule has 32 heavy (non-hydrogen) atoms. The summed E-state index contributed by atoms with van der Waals surface area (Å²) in [6.07, 6.45) is 7.99. The molecular weight excluding hydrogens is 432 g/mol. The van der Waals surface area contributed by atoms with Crippen LogP contribution >= 0.6 is 0 Å². The highest BCUT2D eigenvalue weighted by Gasteiger charge is 2.40. The second kappa shape index (κ2) is 9.09. The Morgan fingerprint density at radius 3 is 2.56 bits per heavy atom. The van der Waals surface area contributed by atoms with Crippen LogP contribution in [0.1, 0.15) is 48.7 Å². The highest BCUT2D eigenvalue weighted by molar-refractivity contribution is 7.89. The summed E-state index contributed by atoms with van der Waals surface area (Å²) < 4.78 is 37.6. The van der Waals surface area contributed by atoms with Crippen LogP contribution in [0.2, 0.25) is 0 Å². The van der Waals surface area contributed by atoms with Gasteiger partial charge in [-0.3, -0.25) is 4.79 Å². The molecule has 3 aromatic rings. The van der Waals surface area contributed by atoms with Gasteiger partial charge in [-0.2, -0.15) is 4.98 Å². The number of amides is 1. The van der Waals surface area contributed by atoms with E-state index in [4.69, 9.17) is 8.94 Å². The lowest BCUT2D eigenvalue weighted by molar-refractivity contribution is -0.118. The number of hydrogen-bond donors (Lipinski definition) is 2. The lowest BCUT2D eigenvalue weighted by Crippen LogP contribution is -2.44. The van der Waals surface area contributed by atoms with Gasteiger partial charge in [-0.25, -0.2) is 13.1 Å². The van der Waals surface area contributed by atoms with Crippen LogP contribution < -0.4 is 10.0 Å². The van der Waals surface area contributed by atoms with Gasteiger partial charge in [0.1, 0.15) is 11.3 Å². The maximum absolute atomic E-state index is 12.6. The molecule has 0 saturated heterocycles. The zero-order valence-corrected chi connectivity index (χ0v) is 18.4. The average Bonchev–Trinajstić information content (AvgIpc) is 3.54. The van der Waals surface area contributed by atoms with E-state index in [1.54, 1.807) is 37.3 Å². The Kier molecular flexibility index (Phi) is 6.24. The summed E-state index contributed by atoms with van der Waals surface area (Å²) in [7, 11) is -3.67. The average molecular weight is 457 g/mol. The van der Waals surface area contributed by atoms with E-state index < -0.39 is 15.6 Å². The molecule has 1 aliphatic carbocycles. The van der Waals surface area contributed by atoms with Crippen LogP contribution in [0, 0.1) is 6.92 Å². The normalized spacial score (nSPS) is 15.9. The zero-order chi connectivity index (χ0) is 22.6. The molecule has 2 aromatic heterocycles. The first-order chi connectivity index (χ1) is 15.4. The molecule has 1 saturated carbocycles. The molecule has 1 amide bonds. The second-order valence-electron chi connectivity index (χ2n) is 7.72. The van der Waals surface area contributed by atoms with Crippen molar-refractivity contribution in [2.24, 2.45) is 0 Å². The van der Waals surface area contributed by atoms with E-state index in [2.05, 4.69) is 20.2 Å². The van der Waals surface area contributed by atoms with Gasteiger partial charge in [0.25, 0.3) is 0 Å². The van der Waals surface area contributed by atoms with E-state index in [9.17, 15) is 13.2 Å². The van der Waals surface area contributed by atoms with Gasteiger partial charge in [-0.05, 0) is 48.7 Å². The van der Waals surface area contributed by atoms with Crippen LogP contribution in [0.4, 0.5) is 0 Å². The molecule has 0 radical (unpaired) electrons. The predicted octanol–water partition coefficient (Wildman–Crippen LogP) is 3.05. The Morgan fingerprint density at radius 2 is 1.94 bits per heavy atom. The van der Waals surface area contributed by atoms with E-state index in [1.807, 2.05) is 0 Å². The van der Waals surface area contributed by atoms with Gasteiger partial charge in [0.05, 0.1) is 17.7 Å². The van der Waals surface area contributed by atoms with E-state index in [0.717, 1.165) is 25.7 Å². The topological polar surface area (TPSA) is 127 Å². The first-order valence-electron chi connectivity index (χ1n) is 10.3. The predicted molar refractivity (Wildman–Crippen MR) is 116 cm³/mol. The van der Waals surface area contributed by atoms with Gasteiger partial charge >= 0.3 is 0 Å². The number of carbonyl (C=O) groups excluding carboxylic acids is 1. The minimum atomic E-state index is -3.67. The summed E-state index contributed by atoms with van der Waals surface area (Å²) in [5.74, 6) is 1.22. The third-order valence-electron chi connectivity index (χ3n) is 5.41. The zero-order valence-electron chi connectivity index (χ0n) is 17.6. The van der Waals surface area contributed by atoms with Crippen molar-refractivity contribution in [1.29, 1.82) is 0 Å². The largest absolute Gasteiger partial charge is 0.468 e. The summed E-state index contributed by atoms with van der Waals surface area (Å²) in [6, 6.07) is 9.64. The standard InChI is InChI=1S/C22H24N4O5S/c1-16-24-21(26-31-16)22(12-2-3-13-22)25-20(27)11-8-17-6-9-19(10-7-17)32(28,29)23-15-18-5-4-14-30-18/h4-11,14,23H,2-3,12-13,15H2,1H3,(H,25,27)/b11-8+. The minimum absolute atomic E-state index is 0.0683. The highest BCUT2D eigenvalue weighted by atomic mass is 32.2. The fraction of sp³-hybridized carbons (Fsp3) is 0.318. The molecule has 2 N–H and O–H groups in total. The van der Waals surface area contributed by atoms with Gasteiger partial charge < -0.3 is 14.3 Å². The number of benzene rings is 1. The number of nitrogens with one attached hydrogen (secondary N) is 2. The molecule has 1 aliphatic rings. The number of rotatable bonds is 8. The van der Waals surface area contributed by atoms with Crippen molar-refractivity contribution in [2.75, 3.05) is 0 Å². The van der Waals surface area contributed by atoms with E-state index in [1.165, 1.54) is 24.5 Å². The number of carbonyl (C=O) groups is 1. The van der Waals surface area contributed by atoms with Crippen molar-refractivity contribution in [3.63, 3.8) is 0 Å². The molecular formula is C22H24N4O5S. The molecule has 9 nitrogen and oxygen atoms in total. The summed E-state index contributed by atoms with van der Waals surface area (Å²) in [5.41, 5.74) is 0.0811. The van der Waals surface area contributed by atoms with Gasteiger partial charge in [-0.1, -0.05) is 30.1 Å². The Bertz CT molecular complexity index is 1190. The lowest BCUT2D eigenvalue weighted by atomic mass is 9.96. The van der Waals surface area contributed by atoms with Crippen molar-refractivity contribution in [3.05, 3.63) is 71.8 Å². The number of furan rings is 1. The minimum Gasteiger partial charge on any atom is -0.468 e. The van der Waals surface area contributed by atoms with Gasteiger partial charge in [-0.15, -0.1) is 0 Å².